The van der Waals surface area contributed by atoms with Crippen molar-refractivity contribution in [2.24, 2.45) is 5.92 Å². The molecule has 0 aliphatic carbocycles. The van der Waals surface area contributed by atoms with E-state index in [2.05, 4.69) is 25.9 Å². The number of nitrogens with zero attached hydrogens (tertiary/aromatic N) is 2. The van der Waals surface area contributed by atoms with Crippen molar-refractivity contribution in [3.05, 3.63) is 83.1 Å². The molecule has 3 aromatic rings. The minimum absolute atomic E-state index is 0.0536. The van der Waals surface area contributed by atoms with E-state index >= 15 is 0 Å². The summed E-state index contributed by atoms with van der Waals surface area (Å²) in [5.74, 6) is -2.30. The van der Waals surface area contributed by atoms with Crippen LogP contribution in [0.3, 0.4) is 0 Å². The second-order valence-electron chi connectivity index (χ2n) is 8.86. The Morgan fingerprint density at radius 3 is 2.19 bits per heavy atom. The molecular weight excluding hydrogens is 392 g/mol. The van der Waals surface area contributed by atoms with Gasteiger partial charge >= 0.3 is 0 Å². The second-order valence-corrected chi connectivity index (χ2v) is 8.86. The Kier molecular flexibility index (Phi) is 5.09. The van der Waals surface area contributed by atoms with Crippen LogP contribution in [0.15, 0.2) is 65.2 Å². The zero-order valence-corrected chi connectivity index (χ0v) is 18.0. The van der Waals surface area contributed by atoms with Crippen LogP contribution in [0.2, 0.25) is 0 Å². The van der Waals surface area contributed by atoms with Gasteiger partial charge in [0.2, 0.25) is 5.78 Å². The van der Waals surface area contributed by atoms with E-state index < -0.39 is 23.7 Å². The molecule has 0 saturated carbocycles. The van der Waals surface area contributed by atoms with Gasteiger partial charge < -0.3 is 4.52 Å². The minimum Gasteiger partial charge on any atom is -0.360 e. The van der Waals surface area contributed by atoms with Crippen LogP contribution in [0.4, 0.5) is 5.82 Å². The predicted octanol–water partition coefficient (Wildman–Crippen LogP) is 4.44. The fourth-order valence-corrected chi connectivity index (χ4v) is 3.95. The number of amides is 1. The third kappa shape index (κ3) is 3.69. The topological polar surface area (TPSA) is 80.5 Å². The number of aryl methyl sites for hydroxylation is 1. The summed E-state index contributed by atoms with van der Waals surface area (Å²) in [4.78, 5) is 40.7. The normalized spacial score (nSPS) is 19.2. The zero-order valence-electron chi connectivity index (χ0n) is 18.0. The number of ketones is 2. The monoisotopic (exact) mass is 416 g/mol. The number of carbonyl (C=O) groups is 3. The highest BCUT2D eigenvalue weighted by molar-refractivity contribution is 6.48. The Morgan fingerprint density at radius 1 is 1.00 bits per heavy atom. The van der Waals surface area contributed by atoms with E-state index in [0.717, 1.165) is 5.56 Å². The lowest BCUT2D eigenvalue weighted by Crippen LogP contribution is -2.31. The van der Waals surface area contributed by atoms with Gasteiger partial charge in [-0.2, -0.15) is 0 Å². The van der Waals surface area contributed by atoms with Gasteiger partial charge in [-0.3, -0.25) is 19.3 Å². The molecule has 1 fully saturated rings. The number of Topliss-reactive ketones (excluding diaryl/α,β-unsaturated/α-hetero) is 2. The average molecular weight is 416 g/mol. The summed E-state index contributed by atoms with van der Waals surface area (Å²) in [6.07, 6.45) is 0. The number of hydrogen-bond acceptors (Lipinski definition) is 5. The van der Waals surface area contributed by atoms with Gasteiger partial charge in [-0.05, 0) is 23.5 Å². The second kappa shape index (κ2) is 7.61. The smallest absolute Gasteiger partial charge is 0.297 e. The Balaban J connectivity index is 1.84. The maximum absolute atomic E-state index is 13.4. The first-order chi connectivity index (χ1) is 14.7. The van der Waals surface area contributed by atoms with Crippen molar-refractivity contribution in [3.63, 3.8) is 0 Å². The standard InChI is InChI=1S/C25H24N2O4/c1-15-14-19(26-31-15)27-21(16-10-12-18(13-11-16)25(2,3)4)20(23(29)24(27)30)22(28)17-8-6-5-7-9-17/h5-14,20-21H,1-4H3. The van der Waals surface area contributed by atoms with Crippen LogP contribution < -0.4 is 4.90 Å². The Morgan fingerprint density at radius 2 is 1.65 bits per heavy atom. The molecule has 1 aliphatic heterocycles. The van der Waals surface area contributed by atoms with E-state index in [-0.39, 0.29) is 17.0 Å². The minimum atomic E-state index is -1.16. The number of carbonyl (C=O) groups excluding carboxylic acids is 3. The average Bonchev–Trinajstić information content (AvgIpc) is 3.28. The third-order valence-corrected chi connectivity index (χ3v) is 5.63. The van der Waals surface area contributed by atoms with Crippen molar-refractivity contribution in [1.29, 1.82) is 0 Å². The van der Waals surface area contributed by atoms with Gasteiger partial charge in [0.25, 0.3) is 5.91 Å². The molecule has 31 heavy (non-hydrogen) atoms. The predicted molar refractivity (Wildman–Crippen MR) is 116 cm³/mol. The molecular formula is C25H24N2O4. The molecule has 0 spiro atoms. The van der Waals surface area contributed by atoms with Crippen molar-refractivity contribution in [2.45, 2.75) is 39.2 Å². The molecule has 2 aromatic carbocycles. The summed E-state index contributed by atoms with van der Waals surface area (Å²) in [7, 11) is 0. The molecule has 158 valence electrons. The molecule has 6 heteroatoms. The summed E-state index contributed by atoms with van der Waals surface area (Å²) >= 11 is 0. The van der Waals surface area contributed by atoms with Gasteiger partial charge in [-0.15, -0.1) is 0 Å². The summed E-state index contributed by atoms with van der Waals surface area (Å²) in [5.41, 5.74) is 2.15. The van der Waals surface area contributed by atoms with Crippen LogP contribution in [0.5, 0.6) is 0 Å². The fourth-order valence-electron chi connectivity index (χ4n) is 3.95. The van der Waals surface area contributed by atoms with E-state index in [1.165, 1.54) is 4.90 Å². The van der Waals surface area contributed by atoms with Gasteiger partial charge in [-0.1, -0.05) is 80.5 Å². The summed E-state index contributed by atoms with van der Waals surface area (Å²) in [5, 5.41) is 3.95. The van der Waals surface area contributed by atoms with E-state index in [1.807, 2.05) is 24.3 Å². The lowest BCUT2D eigenvalue weighted by Gasteiger charge is -2.26. The van der Waals surface area contributed by atoms with E-state index in [9.17, 15) is 14.4 Å². The van der Waals surface area contributed by atoms with Crippen molar-refractivity contribution < 1.29 is 18.9 Å². The first kappa shape index (κ1) is 20.7. The van der Waals surface area contributed by atoms with Crippen LogP contribution in [0, 0.1) is 12.8 Å². The first-order valence-electron chi connectivity index (χ1n) is 10.2. The molecule has 2 atom stereocenters. The van der Waals surface area contributed by atoms with Crippen molar-refractivity contribution in [2.75, 3.05) is 4.90 Å². The van der Waals surface area contributed by atoms with Gasteiger partial charge in [0.05, 0.1) is 6.04 Å². The summed E-state index contributed by atoms with van der Waals surface area (Å²) in [6.45, 7) is 8.03. The highest BCUT2D eigenvalue weighted by Gasteiger charge is 2.53. The molecule has 1 aromatic heterocycles. The summed E-state index contributed by atoms with van der Waals surface area (Å²) < 4.78 is 5.15. The molecule has 4 rings (SSSR count). The number of aromatic nitrogens is 1. The van der Waals surface area contributed by atoms with Crippen molar-refractivity contribution >= 4 is 23.3 Å². The number of rotatable bonds is 4. The molecule has 2 heterocycles. The third-order valence-electron chi connectivity index (χ3n) is 5.63. The Hall–Kier alpha value is -3.54. The quantitative estimate of drug-likeness (QED) is 0.357. The van der Waals surface area contributed by atoms with Crippen LogP contribution in [0.25, 0.3) is 0 Å². The Bertz CT molecular complexity index is 1140. The van der Waals surface area contributed by atoms with Crippen LogP contribution in [-0.4, -0.2) is 22.6 Å². The molecule has 1 saturated heterocycles. The molecule has 0 bridgehead atoms. The zero-order chi connectivity index (χ0) is 22.3. The maximum atomic E-state index is 13.4. The van der Waals surface area contributed by atoms with Gasteiger partial charge in [0.1, 0.15) is 11.7 Å². The first-order valence-corrected chi connectivity index (χ1v) is 10.2. The van der Waals surface area contributed by atoms with Crippen LogP contribution in [-0.2, 0) is 15.0 Å². The lowest BCUT2D eigenvalue weighted by molar-refractivity contribution is -0.135. The molecule has 6 nitrogen and oxygen atoms in total. The molecule has 2 unspecified atom stereocenters. The largest absolute Gasteiger partial charge is 0.360 e. The lowest BCUT2D eigenvalue weighted by atomic mass is 9.83. The van der Waals surface area contributed by atoms with Gasteiger partial charge in [-0.25, -0.2) is 0 Å². The van der Waals surface area contributed by atoms with Crippen molar-refractivity contribution in [1.82, 2.24) is 5.16 Å². The molecule has 0 radical (unpaired) electrons. The SMILES string of the molecule is Cc1cc(N2C(=O)C(=O)C(C(=O)c3ccccc3)C2c2ccc(C(C)(C)C)cc2)no1. The van der Waals surface area contributed by atoms with E-state index in [4.69, 9.17) is 4.52 Å². The van der Waals surface area contributed by atoms with Gasteiger partial charge in [0, 0.05) is 11.6 Å². The van der Waals surface area contributed by atoms with Crippen molar-refractivity contribution in [3.8, 4) is 0 Å². The number of benzene rings is 2. The highest BCUT2D eigenvalue weighted by atomic mass is 16.5. The molecule has 1 aliphatic rings. The van der Waals surface area contributed by atoms with Crippen LogP contribution in [0.1, 0.15) is 54.1 Å². The highest BCUT2D eigenvalue weighted by Crippen LogP contribution is 2.41. The summed E-state index contributed by atoms with van der Waals surface area (Å²) in [6, 6.07) is 17.1. The van der Waals surface area contributed by atoms with E-state index in [0.29, 0.717) is 16.9 Å². The van der Waals surface area contributed by atoms with E-state index in [1.54, 1.807) is 43.3 Å². The molecule has 0 N–H and O–H groups in total. The fraction of sp³-hybridized carbons (Fsp3) is 0.280. The van der Waals surface area contributed by atoms with Gasteiger partial charge in [0.15, 0.2) is 11.6 Å². The number of anilines is 1. The number of hydrogen-bond donors (Lipinski definition) is 0. The van der Waals surface area contributed by atoms with Crippen LogP contribution >= 0.6 is 0 Å². The Labute approximate surface area is 180 Å². The molecule has 1 amide bonds. The maximum Gasteiger partial charge on any atom is 0.297 e.